The van der Waals surface area contributed by atoms with Crippen LogP contribution in [0.25, 0.3) is 0 Å². The Balaban J connectivity index is 1.96. The van der Waals surface area contributed by atoms with Gasteiger partial charge in [-0.25, -0.2) is 0 Å². The Bertz CT molecular complexity index is 574. The Morgan fingerprint density at radius 2 is 1.95 bits per heavy atom. The number of aryl methyl sites for hydroxylation is 2. The summed E-state index contributed by atoms with van der Waals surface area (Å²) in [6.07, 6.45) is 0. The van der Waals surface area contributed by atoms with Gasteiger partial charge in [-0.05, 0) is 39.1 Å². The predicted molar refractivity (Wildman–Crippen MR) is 87.2 cm³/mol. The molecule has 0 saturated carbocycles. The quantitative estimate of drug-likeness (QED) is 0.842. The third-order valence-electron chi connectivity index (χ3n) is 3.60. The van der Waals surface area contributed by atoms with Crippen molar-refractivity contribution in [1.29, 1.82) is 0 Å². The zero-order valence-electron chi connectivity index (χ0n) is 13.6. The summed E-state index contributed by atoms with van der Waals surface area (Å²) in [5.74, 6) is 2.05. The molecule has 0 aliphatic carbocycles. The van der Waals surface area contributed by atoms with E-state index in [9.17, 15) is 0 Å². The van der Waals surface area contributed by atoms with E-state index in [1.54, 1.807) is 0 Å². The Kier molecular flexibility index (Phi) is 5.59. The van der Waals surface area contributed by atoms with Crippen LogP contribution in [-0.4, -0.2) is 18.5 Å². The Morgan fingerprint density at radius 1 is 1.14 bits per heavy atom. The lowest BCUT2D eigenvalue weighted by molar-refractivity contribution is 0.316. The lowest BCUT2D eigenvalue weighted by atomic mass is 10.1. The van der Waals surface area contributed by atoms with Gasteiger partial charge in [0.1, 0.15) is 11.5 Å². The molecule has 0 bridgehead atoms. The summed E-state index contributed by atoms with van der Waals surface area (Å²) in [4.78, 5) is 2.32. The Morgan fingerprint density at radius 3 is 2.67 bits per heavy atom. The SMILES string of the molecule is CCNCc1cc(CN(C)Cc2cccc(C)c2)c(C)o1. The monoisotopic (exact) mass is 286 g/mol. The van der Waals surface area contributed by atoms with Crippen LogP contribution in [0.3, 0.4) is 0 Å². The van der Waals surface area contributed by atoms with Crippen LogP contribution in [0.4, 0.5) is 0 Å². The van der Waals surface area contributed by atoms with Gasteiger partial charge in [0, 0.05) is 18.7 Å². The smallest absolute Gasteiger partial charge is 0.118 e. The van der Waals surface area contributed by atoms with Crippen molar-refractivity contribution in [3.63, 3.8) is 0 Å². The molecule has 0 aliphatic heterocycles. The molecule has 1 N–H and O–H groups in total. The molecule has 0 fully saturated rings. The minimum absolute atomic E-state index is 0.804. The first-order valence-corrected chi connectivity index (χ1v) is 7.61. The molecule has 0 radical (unpaired) electrons. The lowest BCUT2D eigenvalue weighted by Gasteiger charge is -2.16. The largest absolute Gasteiger partial charge is 0.465 e. The zero-order chi connectivity index (χ0) is 15.2. The third-order valence-corrected chi connectivity index (χ3v) is 3.60. The number of nitrogens with zero attached hydrogens (tertiary/aromatic N) is 1. The molecule has 114 valence electrons. The standard InChI is InChI=1S/C18H26N2O/c1-5-19-11-18-10-17(15(3)21-18)13-20(4)12-16-8-6-7-14(2)9-16/h6-10,19H,5,11-13H2,1-4H3. The minimum Gasteiger partial charge on any atom is -0.465 e. The van der Waals surface area contributed by atoms with E-state index >= 15 is 0 Å². The summed E-state index contributed by atoms with van der Waals surface area (Å²) in [5.41, 5.74) is 3.94. The van der Waals surface area contributed by atoms with Gasteiger partial charge in [0.25, 0.3) is 0 Å². The molecule has 0 saturated heterocycles. The number of furan rings is 1. The first-order valence-electron chi connectivity index (χ1n) is 7.61. The highest BCUT2D eigenvalue weighted by Gasteiger charge is 2.10. The minimum atomic E-state index is 0.804. The van der Waals surface area contributed by atoms with Gasteiger partial charge in [0.05, 0.1) is 6.54 Å². The van der Waals surface area contributed by atoms with E-state index in [2.05, 4.69) is 61.4 Å². The molecule has 3 nitrogen and oxygen atoms in total. The maximum Gasteiger partial charge on any atom is 0.118 e. The summed E-state index contributed by atoms with van der Waals surface area (Å²) in [6, 6.07) is 10.9. The number of benzene rings is 1. The lowest BCUT2D eigenvalue weighted by Crippen LogP contribution is -2.17. The van der Waals surface area contributed by atoms with Crippen LogP contribution < -0.4 is 5.32 Å². The van der Waals surface area contributed by atoms with E-state index in [0.717, 1.165) is 37.7 Å². The first-order chi connectivity index (χ1) is 10.1. The molecule has 3 heteroatoms. The maximum atomic E-state index is 5.80. The van der Waals surface area contributed by atoms with Gasteiger partial charge in [0.2, 0.25) is 0 Å². The molecule has 0 atom stereocenters. The average Bonchev–Trinajstić information content (AvgIpc) is 2.77. The molecule has 21 heavy (non-hydrogen) atoms. The number of hydrogen-bond donors (Lipinski definition) is 1. The third kappa shape index (κ3) is 4.73. The highest BCUT2D eigenvalue weighted by Crippen LogP contribution is 2.17. The van der Waals surface area contributed by atoms with Gasteiger partial charge in [-0.1, -0.05) is 36.8 Å². The van der Waals surface area contributed by atoms with Gasteiger partial charge in [0.15, 0.2) is 0 Å². The van der Waals surface area contributed by atoms with Crippen LogP contribution in [0.1, 0.15) is 35.1 Å². The maximum absolute atomic E-state index is 5.80. The van der Waals surface area contributed by atoms with Crippen LogP contribution in [0, 0.1) is 13.8 Å². The fraction of sp³-hybridized carbons (Fsp3) is 0.444. The molecule has 2 rings (SSSR count). The second kappa shape index (κ2) is 7.43. The van der Waals surface area contributed by atoms with Crippen LogP contribution in [-0.2, 0) is 19.6 Å². The summed E-state index contributed by atoms with van der Waals surface area (Å²) in [6.45, 7) is 9.92. The predicted octanol–water partition coefficient (Wildman–Crippen LogP) is 3.64. The van der Waals surface area contributed by atoms with E-state index in [-0.39, 0.29) is 0 Å². The molecule has 0 spiro atoms. The van der Waals surface area contributed by atoms with Crippen molar-refractivity contribution in [3.05, 3.63) is 58.5 Å². The number of nitrogens with one attached hydrogen (secondary N) is 1. The van der Waals surface area contributed by atoms with Crippen LogP contribution in [0.15, 0.2) is 34.7 Å². The first kappa shape index (κ1) is 15.8. The van der Waals surface area contributed by atoms with Gasteiger partial charge >= 0.3 is 0 Å². The number of hydrogen-bond acceptors (Lipinski definition) is 3. The molecule has 2 aromatic rings. The van der Waals surface area contributed by atoms with Gasteiger partial charge in [-0.2, -0.15) is 0 Å². The second-order valence-electron chi connectivity index (χ2n) is 5.74. The van der Waals surface area contributed by atoms with Crippen LogP contribution in [0.2, 0.25) is 0 Å². The van der Waals surface area contributed by atoms with Crippen LogP contribution in [0.5, 0.6) is 0 Å². The number of rotatable bonds is 7. The van der Waals surface area contributed by atoms with Crippen molar-refractivity contribution < 1.29 is 4.42 Å². The Labute approximate surface area is 128 Å². The molecular weight excluding hydrogens is 260 g/mol. The summed E-state index contributed by atoms with van der Waals surface area (Å²) in [7, 11) is 2.15. The molecule has 0 amide bonds. The zero-order valence-corrected chi connectivity index (χ0v) is 13.6. The van der Waals surface area contributed by atoms with Gasteiger partial charge < -0.3 is 9.73 Å². The highest BCUT2D eigenvalue weighted by molar-refractivity contribution is 5.23. The molecule has 1 heterocycles. The highest BCUT2D eigenvalue weighted by atomic mass is 16.3. The second-order valence-corrected chi connectivity index (χ2v) is 5.74. The summed E-state index contributed by atoms with van der Waals surface area (Å²) in [5, 5.41) is 3.30. The fourth-order valence-electron chi connectivity index (χ4n) is 2.55. The fourth-order valence-corrected chi connectivity index (χ4v) is 2.55. The van der Waals surface area contributed by atoms with Gasteiger partial charge in [-0.15, -0.1) is 0 Å². The van der Waals surface area contributed by atoms with Crippen molar-refractivity contribution in [1.82, 2.24) is 10.2 Å². The molecular formula is C18H26N2O. The van der Waals surface area contributed by atoms with Crippen molar-refractivity contribution in [2.24, 2.45) is 0 Å². The van der Waals surface area contributed by atoms with Crippen molar-refractivity contribution >= 4 is 0 Å². The van der Waals surface area contributed by atoms with E-state index in [0.29, 0.717) is 0 Å². The van der Waals surface area contributed by atoms with Crippen molar-refractivity contribution in [2.45, 2.75) is 40.4 Å². The van der Waals surface area contributed by atoms with Crippen molar-refractivity contribution in [3.8, 4) is 0 Å². The van der Waals surface area contributed by atoms with Crippen molar-refractivity contribution in [2.75, 3.05) is 13.6 Å². The summed E-state index contributed by atoms with van der Waals surface area (Å²) < 4.78 is 5.80. The topological polar surface area (TPSA) is 28.4 Å². The molecule has 1 aromatic carbocycles. The van der Waals surface area contributed by atoms with Crippen LogP contribution >= 0.6 is 0 Å². The van der Waals surface area contributed by atoms with E-state index < -0.39 is 0 Å². The van der Waals surface area contributed by atoms with E-state index in [1.807, 2.05) is 6.92 Å². The van der Waals surface area contributed by atoms with E-state index in [1.165, 1.54) is 16.7 Å². The normalized spacial score (nSPS) is 11.3. The Hall–Kier alpha value is -1.58. The summed E-state index contributed by atoms with van der Waals surface area (Å²) >= 11 is 0. The molecule has 0 aliphatic rings. The average molecular weight is 286 g/mol. The molecule has 1 aromatic heterocycles. The molecule has 0 unspecified atom stereocenters. The van der Waals surface area contributed by atoms with E-state index in [4.69, 9.17) is 4.42 Å². The van der Waals surface area contributed by atoms with Gasteiger partial charge in [-0.3, -0.25) is 4.90 Å².